The predicted octanol–water partition coefficient (Wildman–Crippen LogP) is 3.68. The number of ether oxygens (including phenoxy) is 1. The van der Waals surface area contributed by atoms with E-state index in [9.17, 15) is 4.79 Å². The number of hydrogen-bond acceptors (Lipinski definition) is 3. The summed E-state index contributed by atoms with van der Waals surface area (Å²) in [4.78, 5) is 11.8. The first-order chi connectivity index (χ1) is 11.7. The van der Waals surface area contributed by atoms with Crippen LogP contribution in [0.3, 0.4) is 0 Å². The van der Waals surface area contributed by atoms with Crippen LogP contribution in [0.15, 0.2) is 71.8 Å². The molecule has 0 radical (unpaired) electrons. The highest BCUT2D eigenvalue weighted by Crippen LogP contribution is 2.17. The fraction of sp³-hybridized carbons (Fsp3) is 0.100. The Balaban J connectivity index is 1.59. The van der Waals surface area contributed by atoms with E-state index in [1.54, 1.807) is 6.21 Å². The molecule has 24 heavy (non-hydrogen) atoms. The van der Waals surface area contributed by atoms with Crippen LogP contribution in [-0.2, 0) is 4.79 Å². The summed E-state index contributed by atoms with van der Waals surface area (Å²) in [7, 11) is 0. The predicted molar refractivity (Wildman–Crippen MR) is 96.4 cm³/mol. The van der Waals surface area contributed by atoms with Crippen LogP contribution < -0.4 is 10.2 Å². The average molecular weight is 318 g/mol. The van der Waals surface area contributed by atoms with Gasteiger partial charge in [0, 0.05) is 5.56 Å². The Kier molecular flexibility index (Phi) is 4.87. The molecule has 0 saturated carbocycles. The Bertz CT molecular complexity index is 882. The van der Waals surface area contributed by atoms with Gasteiger partial charge in [-0.3, -0.25) is 4.79 Å². The Morgan fingerprint density at radius 1 is 1.04 bits per heavy atom. The lowest BCUT2D eigenvalue weighted by molar-refractivity contribution is -0.123. The number of fused-ring (bicyclic) bond motifs is 1. The number of carbonyl (C=O) groups is 1. The fourth-order valence-electron chi connectivity index (χ4n) is 2.43. The molecule has 0 aliphatic heterocycles. The maximum Gasteiger partial charge on any atom is 0.277 e. The van der Waals surface area contributed by atoms with E-state index in [-0.39, 0.29) is 12.5 Å². The molecule has 0 spiro atoms. The first kappa shape index (κ1) is 15.7. The van der Waals surface area contributed by atoms with Crippen LogP contribution in [0.5, 0.6) is 5.75 Å². The van der Waals surface area contributed by atoms with Crippen LogP contribution in [0, 0.1) is 6.92 Å². The molecule has 3 rings (SSSR count). The Morgan fingerprint density at radius 2 is 1.79 bits per heavy atom. The molecule has 4 heteroatoms. The SMILES string of the molecule is Cc1ccccc1OCC(=O)N/N=C\c1cccc2ccccc12. The summed E-state index contributed by atoms with van der Waals surface area (Å²) in [6.45, 7) is 1.86. The van der Waals surface area contributed by atoms with Crippen molar-refractivity contribution in [1.29, 1.82) is 0 Å². The normalized spacial score (nSPS) is 10.9. The average Bonchev–Trinajstić information content (AvgIpc) is 2.61. The summed E-state index contributed by atoms with van der Waals surface area (Å²) in [5.74, 6) is 0.403. The molecule has 0 aliphatic carbocycles. The minimum atomic E-state index is -0.297. The van der Waals surface area contributed by atoms with Crippen LogP contribution >= 0.6 is 0 Å². The highest BCUT2D eigenvalue weighted by Gasteiger charge is 2.03. The van der Waals surface area contributed by atoms with Gasteiger partial charge in [-0.1, -0.05) is 60.7 Å². The van der Waals surface area contributed by atoms with E-state index in [1.807, 2.05) is 73.7 Å². The molecule has 0 bridgehead atoms. The number of rotatable bonds is 5. The zero-order valence-electron chi connectivity index (χ0n) is 13.4. The van der Waals surface area contributed by atoms with Gasteiger partial charge >= 0.3 is 0 Å². The number of benzene rings is 3. The van der Waals surface area contributed by atoms with Crippen LogP contribution in [-0.4, -0.2) is 18.7 Å². The second-order valence-corrected chi connectivity index (χ2v) is 5.42. The van der Waals surface area contributed by atoms with Crippen molar-refractivity contribution in [1.82, 2.24) is 5.43 Å². The molecule has 120 valence electrons. The summed E-state index contributed by atoms with van der Waals surface area (Å²) < 4.78 is 5.49. The minimum Gasteiger partial charge on any atom is -0.483 e. The monoisotopic (exact) mass is 318 g/mol. The molecule has 4 nitrogen and oxygen atoms in total. The second-order valence-electron chi connectivity index (χ2n) is 5.42. The summed E-state index contributed by atoms with van der Waals surface area (Å²) in [6.07, 6.45) is 1.65. The van der Waals surface area contributed by atoms with Gasteiger partial charge in [-0.25, -0.2) is 5.43 Å². The van der Waals surface area contributed by atoms with Gasteiger partial charge in [-0.05, 0) is 29.3 Å². The zero-order valence-corrected chi connectivity index (χ0v) is 13.4. The zero-order chi connectivity index (χ0) is 16.8. The fourth-order valence-corrected chi connectivity index (χ4v) is 2.43. The van der Waals surface area contributed by atoms with Crippen molar-refractivity contribution in [3.63, 3.8) is 0 Å². The maximum atomic E-state index is 11.8. The molecular weight excluding hydrogens is 300 g/mol. The molecule has 0 unspecified atom stereocenters. The third-order valence-electron chi connectivity index (χ3n) is 3.67. The van der Waals surface area contributed by atoms with E-state index in [2.05, 4.69) is 10.5 Å². The lowest BCUT2D eigenvalue weighted by Crippen LogP contribution is -2.24. The maximum absolute atomic E-state index is 11.8. The molecule has 0 aromatic heterocycles. The van der Waals surface area contributed by atoms with Crippen molar-refractivity contribution in [2.45, 2.75) is 6.92 Å². The third-order valence-corrected chi connectivity index (χ3v) is 3.67. The summed E-state index contributed by atoms with van der Waals surface area (Å²) in [5, 5.41) is 6.25. The lowest BCUT2D eigenvalue weighted by atomic mass is 10.1. The molecule has 0 aliphatic rings. The van der Waals surface area contributed by atoms with Crippen LogP contribution in [0.4, 0.5) is 0 Å². The van der Waals surface area contributed by atoms with Gasteiger partial charge in [0.25, 0.3) is 5.91 Å². The first-order valence-electron chi connectivity index (χ1n) is 7.72. The highest BCUT2D eigenvalue weighted by molar-refractivity contribution is 5.99. The molecule has 3 aromatic carbocycles. The number of nitrogens with one attached hydrogen (secondary N) is 1. The third kappa shape index (κ3) is 3.79. The van der Waals surface area contributed by atoms with Crippen LogP contribution in [0.1, 0.15) is 11.1 Å². The van der Waals surface area contributed by atoms with E-state index in [1.165, 1.54) is 0 Å². The van der Waals surface area contributed by atoms with Gasteiger partial charge in [-0.2, -0.15) is 5.10 Å². The van der Waals surface area contributed by atoms with Gasteiger partial charge in [0.1, 0.15) is 5.75 Å². The van der Waals surface area contributed by atoms with E-state index >= 15 is 0 Å². The molecule has 3 aromatic rings. The van der Waals surface area contributed by atoms with Crippen molar-refractivity contribution < 1.29 is 9.53 Å². The lowest BCUT2D eigenvalue weighted by Gasteiger charge is -2.07. The number of para-hydroxylation sites is 1. The van der Waals surface area contributed by atoms with Crippen molar-refractivity contribution in [2.75, 3.05) is 6.61 Å². The van der Waals surface area contributed by atoms with Gasteiger partial charge in [0.15, 0.2) is 6.61 Å². The quantitative estimate of drug-likeness (QED) is 0.576. The van der Waals surface area contributed by atoms with E-state index in [0.717, 1.165) is 21.9 Å². The van der Waals surface area contributed by atoms with E-state index < -0.39 is 0 Å². The van der Waals surface area contributed by atoms with Crippen molar-refractivity contribution >= 4 is 22.9 Å². The summed E-state index contributed by atoms with van der Waals surface area (Å²) in [6, 6.07) is 21.6. The Hall–Kier alpha value is -3.14. The molecule has 0 atom stereocenters. The molecular formula is C20H18N2O2. The largest absolute Gasteiger partial charge is 0.483 e. The smallest absolute Gasteiger partial charge is 0.277 e. The van der Waals surface area contributed by atoms with E-state index in [0.29, 0.717) is 5.75 Å². The Labute approximate surface area is 140 Å². The molecule has 0 fully saturated rings. The molecule has 1 N–H and O–H groups in total. The number of nitrogens with zero attached hydrogens (tertiary/aromatic N) is 1. The first-order valence-corrected chi connectivity index (χ1v) is 7.72. The summed E-state index contributed by atoms with van der Waals surface area (Å²) >= 11 is 0. The molecule has 0 heterocycles. The highest BCUT2D eigenvalue weighted by atomic mass is 16.5. The van der Waals surface area contributed by atoms with E-state index in [4.69, 9.17) is 4.74 Å². The van der Waals surface area contributed by atoms with Crippen molar-refractivity contribution in [2.24, 2.45) is 5.10 Å². The standard InChI is InChI=1S/C20H18N2O2/c1-15-7-2-5-12-19(15)24-14-20(23)22-21-13-17-10-6-9-16-8-3-4-11-18(16)17/h2-13H,14H2,1H3,(H,22,23)/b21-13-. The number of hydrogen-bond donors (Lipinski definition) is 1. The van der Waals surface area contributed by atoms with Gasteiger partial charge in [0.05, 0.1) is 6.21 Å². The second kappa shape index (κ2) is 7.42. The van der Waals surface area contributed by atoms with Crippen LogP contribution in [0.2, 0.25) is 0 Å². The topological polar surface area (TPSA) is 50.7 Å². The van der Waals surface area contributed by atoms with Gasteiger partial charge < -0.3 is 4.74 Å². The Morgan fingerprint density at radius 3 is 2.67 bits per heavy atom. The summed E-state index contributed by atoms with van der Waals surface area (Å²) in [5.41, 5.74) is 4.43. The number of hydrazone groups is 1. The van der Waals surface area contributed by atoms with Crippen LogP contribution in [0.25, 0.3) is 10.8 Å². The molecule has 1 amide bonds. The number of amides is 1. The minimum absolute atomic E-state index is 0.0717. The molecule has 0 saturated heterocycles. The number of aryl methyl sites for hydroxylation is 1. The van der Waals surface area contributed by atoms with Gasteiger partial charge in [-0.15, -0.1) is 0 Å². The van der Waals surface area contributed by atoms with Crippen molar-refractivity contribution in [3.8, 4) is 5.75 Å². The number of carbonyl (C=O) groups excluding carboxylic acids is 1. The van der Waals surface area contributed by atoms with Gasteiger partial charge in [0.2, 0.25) is 0 Å². The van der Waals surface area contributed by atoms with Crippen molar-refractivity contribution in [3.05, 3.63) is 77.9 Å².